The van der Waals surface area contributed by atoms with Gasteiger partial charge in [-0.2, -0.15) is 11.0 Å². The van der Waals surface area contributed by atoms with E-state index in [4.69, 9.17) is 9.68 Å². The summed E-state index contributed by atoms with van der Waals surface area (Å²) >= 11 is 0. The Morgan fingerprint density at radius 2 is 0.919 bits per heavy atom. The smallest absolute Gasteiger partial charge is 0.340 e. The Labute approximate surface area is 219 Å². The molecule has 0 aliphatic rings. The molecule has 0 bridgehead atoms. The van der Waals surface area contributed by atoms with Crippen LogP contribution in [0.3, 0.4) is 0 Å². The molecule has 0 aliphatic carbocycles. The standard InChI is InChI=1S/C29H38N2O6/c1-5-28(6-2,20-22-15-11-9-12-16-22)26(34)30-36-24(32)19-25(33)37-31-27(35)29(7-3,8-4)21-23-17-13-10-14-18-23/h9-18H,5-8,19-21H2,1-4H3,(H,30,34)(H,31,35). The molecule has 200 valence electrons. The number of carbonyl (C=O) groups excluding carboxylic acids is 4. The Kier molecular flexibility index (Phi) is 11.3. The molecule has 2 aromatic carbocycles. The topological polar surface area (TPSA) is 111 Å². The second-order valence-electron chi connectivity index (χ2n) is 9.29. The summed E-state index contributed by atoms with van der Waals surface area (Å²) in [5.41, 5.74) is 4.86. The molecule has 0 aromatic heterocycles. The van der Waals surface area contributed by atoms with Crippen LogP contribution in [0.15, 0.2) is 60.7 Å². The number of nitrogens with one attached hydrogen (secondary N) is 2. The van der Waals surface area contributed by atoms with Crippen LogP contribution in [0.4, 0.5) is 0 Å². The Bertz CT molecular complexity index is 947. The van der Waals surface area contributed by atoms with Crippen LogP contribution < -0.4 is 11.0 Å². The van der Waals surface area contributed by atoms with Crippen molar-refractivity contribution in [3.63, 3.8) is 0 Å². The number of hydroxylamine groups is 2. The first-order valence-corrected chi connectivity index (χ1v) is 12.8. The van der Waals surface area contributed by atoms with Crippen molar-refractivity contribution >= 4 is 23.8 Å². The molecule has 0 fully saturated rings. The zero-order chi connectivity index (χ0) is 27.3. The van der Waals surface area contributed by atoms with E-state index in [0.717, 1.165) is 11.1 Å². The van der Waals surface area contributed by atoms with E-state index < -0.39 is 41.0 Å². The molecule has 0 heterocycles. The summed E-state index contributed by atoms with van der Waals surface area (Å²) in [5.74, 6) is -2.86. The van der Waals surface area contributed by atoms with Crippen molar-refractivity contribution in [3.05, 3.63) is 71.8 Å². The van der Waals surface area contributed by atoms with Crippen LogP contribution in [0.5, 0.6) is 0 Å². The summed E-state index contributed by atoms with van der Waals surface area (Å²) in [7, 11) is 0. The van der Waals surface area contributed by atoms with Crippen molar-refractivity contribution in [1.29, 1.82) is 0 Å². The van der Waals surface area contributed by atoms with Gasteiger partial charge in [-0.15, -0.1) is 0 Å². The SMILES string of the molecule is CCC(CC)(Cc1ccccc1)C(=O)NOC(=O)CC(=O)ONC(=O)C(CC)(CC)Cc1ccccc1. The van der Waals surface area contributed by atoms with E-state index in [2.05, 4.69) is 11.0 Å². The quantitative estimate of drug-likeness (QED) is 0.318. The molecule has 0 saturated carbocycles. The van der Waals surface area contributed by atoms with Gasteiger partial charge in [-0.1, -0.05) is 88.4 Å². The van der Waals surface area contributed by atoms with E-state index in [-0.39, 0.29) is 0 Å². The van der Waals surface area contributed by atoms with Crippen molar-refractivity contribution in [3.8, 4) is 0 Å². The summed E-state index contributed by atoms with van der Waals surface area (Å²) < 4.78 is 0. The second kappa shape index (κ2) is 14.2. The zero-order valence-electron chi connectivity index (χ0n) is 22.2. The lowest BCUT2D eigenvalue weighted by Crippen LogP contribution is -2.44. The largest absolute Gasteiger partial charge is 0.343 e. The number of carbonyl (C=O) groups is 4. The molecule has 8 heteroatoms. The van der Waals surface area contributed by atoms with E-state index in [1.807, 2.05) is 88.4 Å². The normalized spacial score (nSPS) is 11.4. The molecule has 0 radical (unpaired) electrons. The molecular formula is C29H38N2O6. The van der Waals surface area contributed by atoms with Gasteiger partial charge in [0.25, 0.3) is 11.8 Å². The summed E-state index contributed by atoms with van der Waals surface area (Å²) in [6.07, 6.45) is 2.35. The Morgan fingerprint density at radius 1 is 0.595 bits per heavy atom. The molecule has 0 saturated heterocycles. The summed E-state index contributed by atoms with van der Waals surface area (Å²) in [5, 5.41) is 0. The maximum absolute atomic E-state index is 12.9. The summed E-state index contributed by atoms with van der Waals surface area (Å²) in [4.78, 5) is 59.9. The fourth-order valence-corrected chi connectivity index (χ4v) is 4.39. The summed E-state index contributed by atoms with van der Waals surface area (Å²) in [6.45, 7) is 7.60. The van der Waals surface area contributed by atoms with Crippen LogP contribution in [0.25, 0.3) is 0 Å². The van der Waals surface area contributed by atoms with Crippen molar-refractivity contribution < 1.29 is 28.9 Å². The average Bonchev–Trinajstić information content (AvgIpc) is 2.93. The first kappa shape index (κ1) is 29.5. The minimum atomic E-state index is -0.991. The first-order valence-electron chi connectivity index (χ1n) is 12.8. The molecule has 2 aromatic rings. The molecule has 2 N–H and O–H groups in total. The third-order valence-corrected chi connectivity index (χ3v) is 7.24. The predicted molar refractivity (Wildman–Crippen MR) is 139 cm³/mol. The van der Waals surface area contributed by atoms with E-state index >= 15 is 0 Å². The molecule has 0 atom stereocenters. The van der Waals surface area contributed by atoms with Crippen LogP contribution in [-0.4, -0.2) is 23.8 Å². The van der Waals surface area contributed by atoms with E-state index in [9.17, 15) is 19.2 Å². The highest BCUT2D eigenvalue weighted by Crippen LogP contribution is 2.32. The van der Waals surface area contributed by atoms with Gasteiger partial charge in [-0.25, -0.2) is 9.59 Å². The van der Waals surface area contributed by atoms with E-state index in [1.54, 1.807) is 0 Å². The highest BCUT2D eigenvalue weighted by molar-refractivity contribution is 5.93. The van der Waals surface area contributed by atoms with Crippen LogP contribution >= 0.6 is 0 Å². The maximum atomic E-state index is 12.9. The van der Waals surface area contributed by atoms with Gasteiger partial charge in [0.1, 0.15) is 6.42 Å². The third-order valence-electron chi connectivity index (χ3n) is 7.24. The monoisotopic (exact) mass is 510 g/mol. The average molecular weight is 511 g/mol. The molecule has 2 rings (SSSR count). The minimum Gasteiger partial charge on any atom is -0.340 e. The first-order chi connectivity index (χ1) is 17.7. The Morgan fingerprint density at radius 3 is 1.22 bits per heavy atom. The molecule has 2 amide bonds. The number of hydrogen-bond donors (Lipinski definition) is 2. The van der Waals surface area contributed by atoms with Gasteiger partial charge in [0.05, 0.1) is 10.8 Å². The predicted octanol–water partition coefficient (Wildman–Crippen LogP) is 4.62. The van der Waals surface area contributed by atoms with E-state index in [1.165, 1.54) is 0 Å². The number of amides is 2. The lowest BCUT2D eigenvalue weighted by molar-refractivity contribution is -0.171. The fraction of sp³-hybridized carbons (Fsp3) is 0.448. The van der Waals surface area contributed by atoms with Gasteiger partial charge < -0.3 is 9.68 Å². The number of benzene rings is 2. The van der Waals surface area contributed by atoms with Crippen LogP contribution in [0.2, 0.25) is 0 Å². The van der Waals surface area contributed by atoms with Crippen LogP contribution in [-0.2, 0) is 41.7 Å². The van der Waals surface area contributed by atoms with Crippen molar-refractivity contribution in [2.24, 2.45) is 10.8 Å². The van der Waals surface area contributed by atoms with Crippen LogP contribution in [0.1, 0.15) is 70.9 Å². The molecule has 0 aliphatic heterocycles. The van der Waals surface area contributed by atoms with Gasteiger partial charge in [0.2, 0.25) is 0 Å². The van der Waals surface area contributed by atoms with Gasteiger partial charge in [-0.3, -0.25) is 9.59 Å². The van der Waals surface area contributed by atoms with E-state index in [0.29, 0.717) is 38.5 Å². The van der Waals surface area contributed by atoms with Gasteiger partial charge in [0, 0.05) is 0 Å². The van der Waals surface area contributed by atoms with Crippen LogP contribution in [0, 0.1) is 10.8 Å². The zero-order valence-corrected chi connectivity index (χ0v) is 22.2. The molecule has 0 spiro atoms. The molecule has 8 nitrogen and oxygen atoms in total. The second-order valence-corrected chi connectivity index (χ2v) is 9.29. The summed E-state index contributed by atoms with van der Waals surface area (Å²) in [6, 6.07) is 19.2. The van der Waals surface area contributed by atoms with Gasteiger partial charge in [-0.05, 0) is 49.7 Å². The lowest BCUT2D eigenvalue weighted by atomic mass is 9.76. The Balaban J connectivity index is 1.88. The van der Waals surface area contributed by atoms with Gasteiger partial charge >= 0.3 is 11.9 Å². The van der Waals surface area contributed by atoms with Crippen molar-refractivity contribution in [2.45, 2.75) is 72.6 Å². The molecular weight excluding hydrogens is 472 g/mol. The number of rotatable bonds is 12. The Hall–Kier alpha value is -3.68. The lowest BCUT2D eigenvalue weighted by Gasteiger charge is -2.30. The minimum absolute atomic E-state index is 0.437. The maximum Gasteiger partial charge on any atom is 0.343 e. The van der Waals surface area contributed by atoms with Crippen molar-refractivity contribution in [1.82, 2.24) is 11.0 Å². The highest BCUT2D eigenvalue weighted by Gasteiger charge is 2.37. The van der Waals surface area contributed by atoms with Gasteiger partial charge in [0.15, 0.2) is 0 Å². The fourth-order valence-electron chi connectivity index (χ4n) is 4.39. The molecule has 37 heavy (non-hydrogen) atoms. The highest BCUT2D eigenvalue weighted by atomic mass is 16.7. The third kappa shape index (κ3) is 8.17. The molecule has 0 unspecified atom stereocenters. The number of hydrogen-bond acceptors (Lipinski definition) is 6. The van der Waals surface area contributed by atoms with Crippen molar-refractivity contribution in [2.75, 3.05) is 0 Å².